The zero-order valence-corrected chi connectivity index (χ0v) is 11.9. The number of nitrogens with two attached hydrogens (primary N) is 1. The molecule has 1 saturated heterocycles. The van der Waals surface area contributed by atoms with E-state index in [0.717, 1.165) is 31.5 Å². The lowest BCUT2D eigenvalue weighted by molar-refractivity contribution is -0.274. The van der Waals surface area contributed by atoms with Crippen molar-refractivity contribution >= 4 is 0 Å². The molecule has 6 heteroatoms. The van der Waals surface area contributed by atoms with Gasteiger partial charge in [0, 0.05) is 12.6 Å². The number of halogens is 3. The van der Waals surface area contributed by atoms with Crippen LogP contribution in [0.2, 0.25) is 0 Å². The third-order valence-corrected chi connectivity index (χ3v) is 3.80. The number of likely N-dealkylation sites (tertiary alicyclic amines) is 1. The molecule has 1 fully saturated rings. The zero-order valence-electron chi connectivity index (χ0n) is 11.9. The van der Waals surface area contributed by atoms with Gasteiger partial charge in [-0.15, -0.1) is 13.2 Å². The van der Waals surface area contributed by atoms with E-state index in [1.165, 1.54) is 25.0 Å². The van der Waals surface area contributed by atoms with E-state index in [-0.39, 0.29) is 11.8 Å². The summed E-state index contributed by atoms with van der Waals surface area (Å²) >= 11 is 0. The molecule has 21 heavy (non-hydrogen) atoms. The van der Waals surface area contributed by atoms with Crippen molar-refractivity contribution in [3.8, 4) is 5.75 Å². The summed E-state index contributed by atoms with van der Waals surface area (Å²) in [5.41, 5.74) is 6.81. The van der Waals surface area contributed by atoms with Gasteiger partial charge in [0.2, 0.25) is 0 Å². The SMILES string of the molecule is NCC(c1ccc(OC(F)(F)F)cc1)N1CCCCCC1. The van der Waals surface area contributed by atoms with Gasteiger partial charge in [-0.2, -0.15) is 0 Å². The third kappa shape index (κ3) is 4.89. The van der Waals surface area contributed by atoms with Gasteiger partial charge in [0.25, 0.3) is 0 Å². The Bertz CT molecular complexity index is 426. The van der Waals surface area contributed by atoms with Gasteiger partial charge in [-0.1, -0.05) is 25.0 Å². The predicted octanol–water partition coefficient (Wildman–Crippen LogP) is 3.46. The van der Waals surface area contributed by atoms with Crippen LogP contribution in [0.5, 0.6) is 5.75 Å². The molecule has 118 valence electrons. The molecular weight excluding hydrogens is 281 g/mol. The van der Waals surface area contributed by atoms with Crippen LogP contribution in [0, 0.1) is 0 Å². The van der Waals surface area contributed by atoms with Gasteiger partial charge in [-0.05, 0) is 43.6 Å². The summed E-state index contributed by atoms with van der Waals surface area (Å²) in [6.07, 6.45) is 0.0927. The van der Waals surface area contributed by atoms with Crippen molar-refractivity contribution in [1.82, 2.24) is 4.90 Å². The van der Waals surface area contributed by atoms with E-state index in [4.69, 9.17) is 5.73 Å². The van der Waals surface area contributed by atoms with E-state index >= 15 is 0 Å². The summed E-state index contributed by atoms with van der Waals surface area (Å²) in [6.45, 7) is 2.44. The molecule has 0 amide bonds. The number of rotatable bonds is 4. The second-order valence-corrected chi connectivity index (χ2v) is 5.32. The first-order valence-electron chi connectivity index (χ1n) is 7.29. The Kier molecular flexibility index (Phi) is 5.47. The van der Waals surface area contributed by atoms with Crippen LogP contribution >= 0.6 is 0 Å². The maximum absolute atomic E-state index is 12.2. The molecule has 2 rings (SSSR count). The van der Waals surface area contributed by atoms with Crippen molar-refractivity contribution in [2.75, 3.05) is 19.6 Å². The normalized spacial score (nSPS) is 19.0. The maximum Gasteiger partial charge on any atom is 0.573 e. The lowest BCUT2D eigenvalue weighted by atomic mass is 10.0. The second kappa shape index (κ2) is 7.13. The van der Waals surface area contributed by atoms with Crippen LogP contribution in [-0.2, 0) is 0 Å². The minimum absolute atomic E-state index is 0.0584. The number of nitrogens with zero attached hydrogens (tertiary/aromatic N) is 1. The molecule has 1 aliphatic rings. The first-order valence-corrected chi connectivity index (χ1v) is 7.29. The van der Waals surface area contributed by atoms with E-state index in [1.54, 1.807) is 12.1 Å². The van der Waals surface area contributed by atoms with Crippen molar-refractivity contribution in [3.05, 3.63) is 29.8 Å². The highest BCUT2D eigenvalue weighted by Gasteiger charge is 2.31. The average molecular weight is 302 g/mol. The highest BCUT2D eigenvalue weighted by atomic mass is 19.4. The lowest BCUT2D eigenvalue weighted by Crippen LogP contribution is -2.34. The quantitative estimate of drug-likeness (QED) is 0.925. The van der Waals surface area contributed by atoms with Crippen LogP contribution in [0.4, 0.5) is 13.2 Å². The van der Waals surface area contributed by atoms with Crippen molar-refractivity contribution in [2.24, 2.45) is 5.73 Å². The number of ether oxygens (including phenoxy) is 1. The topological polar surface area (TPSA) is 38.5 Å². The minimum Gasteiger partial charge on any atom is -0.406 e. The standard InChI is InChI=1S/C15H21F3N2O/c16-15(17,18)21-13-7-5-12(6-8-13)14(11-19)20-9-3-1-2-4-10-20/h5-8,14H,1-4,9-11,19H2. The first-order chi connectivity index (χ1) is 9.99. The van der Waals surface area contributed by atoms with Crippen LogP contribution in [0.15, 0.2) is 24.3 Å². The third-order valence-electron chi connectivity index (χ3n) is 3.80. The molecule has 1 aromatic carbocycles. The second-order valence-electron chi connectivity index (χ2n) is 5.32. The molecule has 1 atom stereocenters. The fourth-order valence-corrected chi connectivity index (χ4v) is 2.79. The molecule has 0 spiro atoms. The largest absolute Gasteiger partial charge is 0.573 e. The fraction of sp³-hybridized carbons (Fsp3) is 0.600. The first kappa shape index (κ1) is 16.1. The van der Waals surface area contributed by atoms with Crippen LogP contribution in [-0.4, -0.2) is 30.9 Å². The Morgan fingerprint density at radius 1 is 1.05 bits per heavy atom. The average Bonchev–Trinajstić information content (AvgIpc) is 2.69. The van der Waals surface area contributed by atoms with Crippen molar-refractivity contribution < 1.29 is 17.9 Å². The van der Waals surface area contributed by atoms with Crippen molar-refractivity contribution in [2.45, 2.75) is 38.1 Å². The summed E-state index contributed by atoms with van der Waals surface area (Å²) in [4.78, 5) is 2.33. The number of hydrogen-bond donors (Lipinski definition) is 1. The molecular formula is C15H21F3N2O. The summed E-state index contributed by atoms with van der Waals surface area (Å²) in [5, 5.41) is 0. The number of hydrogen-bond acceptors (Lipinski definition) is 3. The molecule has 0 saturated carbocycles. The van der Waals surface area contributed by atoms with Crippen molar-refractivity contribution in [3.63, 3.8) is 0 Å². The smallest absolute Gasteiger partial charge is 0.406 e. The van der Waals surface area contributed by atoms with Crippen LogP contribution in [0.1, 0.15) is 37.3 Å². The van der Waals surface area contributed by atoms with Gasteiger partial charge in [0.15, 0.2) is 0 Å². The number of alkyl halides is 3. The van der Waals surface area contributed by atoms with Gasteiger partial charge in [0.05, 0.1) is 0 Å². The molecule has 0 aromatic heterocycles. The van der Waals surface area contributed by atoms with Gasteiger partial charge >= 0.3 is 6.36 Å². The monoisotopic (exact) mass is 302 g/mol. The zero-order chi connectivity index (χ0) is 15.3. The Morgan fingerprint density at radius 3 is 2.10 bits per heavy atom. The molecule has 1 aromatic rings. The van der Waals surface area contributed by atoms with Crippen molar-refractivity contribution in [1.29, 1.82) is 0 Å². The van der Waals surface area contributed by atoms with Gasteiger partial charge < -0.3 is 10.5 Å². The Labute approximate surface area is 122 Å². The Morgan fingerprint density at radius 2 is 1.62 bits per heavy atom. The predicted molar refractivity (Wildman–Crippen MR) is 75.0 cm³/mol. The molecule has 1 heterocycles. The highest BCUT2D eigenvalue weighted by molar-refractivity contribution is 5.29. The van der Waals surface area contributed by atoms with E-state index < -0.39 is 6.36 Å². The van der Waals surface area contributed by atoms with Gasteiger partial charge in [-0.3, -0.25) is 4.90 Å². The molecule has 1 aliphatic heterocycles. The van der Waals surface area contributed by atoms with Gasteiger partial charge in [0.1, 0.15) is 5.75 Å². The summed E-state index contributed by atoms with van der Waals surface area (Å²) in [5.74, 6) is -0.196. The highest BCUT2D eigenvalue weighted by Crippen LogP contribution is 2.27. The Balaban J connectivity index is 2.07. The minimum atomic E-state index is -4.65. The van der Waals surface area contributed by atoms with E-state index in [9.17, 15) is 13.2 Å². The fourth-order valence-electron chi connectivity index (χ4n) is 2.79. The number of benzene rings is 1. The molecule has 3 nitrogen and oxygen atoms in total. The van der Waals surface area contributed by atoms with E-state index in [1.807, 2.05) is 0 Å². The van der Waals surface area contributed by atoms with E-state index in [0.29, 0.717) is 6.54 Å². The van der Waals surface area contributed by atoms with Crippen LogP contribution < -0.4 is 10.5 Å². The van der Waals surface area contributed by atoms with E-state index in [2.05, 4.69) is 9.64 Å². The summed E-state index contributed by atoms with van der Waals surface area (Å²) in [7, 11) is 0. The molecule has 0 bridgehead atoms. The van der Waals surface area contributed by atoms with Crippen LogP contribution in [0.3, 0.4) is 0 Å². The lowest BCUT2D eigenvalue weighted by Gasteiger charge is -2.30. The Hall–Kier alpha value is -1.27. The maximum atomic E-state index is 12.2. The van der Waals surface area contributed by atoms with Crippen LogP contribution in [0.25, 0.3) is 0 Å². The van der Waals surface area contributed by atoms with Gasteiger partial charge in [-0.25, -0.2) is 0 Å². The molecule has 2 N–H and O–H groups in total. The molecule has 0 radical (unpaired) electrons. The summed E-state index contributed by atoms with van der Waals surface area (Å²) < 4.78 is 40.3. The molecule has 0 aliphatic carbocycles. The summed E-state index contributed by atoms with van der Waals surface area (Å²) in [6, 6.07) is 6.10. The molecule has 1 unspecified atom stereocenters.